The van der Waals surface area contributed by atoms with Crippen LogP contribution in [0.2, 0.25) is 0 Å². The topological polar surface area (TPSA) is 126 Å². The van der Waals surface area contributed by atoms with E-state index in [2.05, 4.69) is 25.0 Å². The van der Waals surface area contributed by atoms with Gasteiger partial charge in [0.25, 0.3) is 10.8 Å². The smallest absolute Gasteiger partial charge is 0.422 e. The van der Waals surface area contributed by atoms with Crippen LogP contribution in [0.25, 0.3) is 38.4 Å². The summed E-state index contributed by atoms with van der Waals surface area (Å²) < 4.78 is 73.5. The summed E-state index contributed by atoms with van der Waals surface area (Å²) in [4.78, 5) is 30.9. The number of nitrogens with zero attached hydrogens (tertiary/aromatic N) is 7. The first kappa shape index (κ1) is 27.2. The maximum Gasteiger partial charge on any atom is 0.422 e. The molecule has 1 aromatic carbocycles. The Kier molecular flexibility index (Phi) is 6.56. The van der Waals surface area contributed by atoms with Crippen LogP contribution >= 0.6 is 11.3 Å². The fourth-order valence-corrected chi connectivity index (χ4v) is 5.24. The molecule has 0 saturated carbocycles. The van der Waals surface area contributed by atoms with Crippen LogP contribution < -0.4 is 16.0 Å². The van der Waals surface area contributed by atoms with Crippen molar-refractivity contribution in [2.24, 2.45) is 0 Å². The molecule has 0 amide bonds. The Morgan fingerprint density at radius 3 is 2.67 bits per heavy atom. The van der Waals surface area contributed by atoms with Crippen molar-refractivity contribution in [2.75, 3.05) is 12.3 Å². The number of aromatic nitrogens is 7. The molecule has 42 heavy (non-hydrogen) atoms. The maximum absolute atomic E-state index is 14.3. The largest absolute Gasteiger partial charge is 0.460 e. The van der Waals surface area contributed by atoms with E-state index in [9.17, 15) is 26.7 Å². The van der Waals surface area contributed by atoms with Crippen LogP contribution in [0.4, 0.5) is 27.8 Å². The Labute approximate surface area is 235 Å². The summed E-state index contributed by atoms with van der Waals surface area (Å²) >= 11 is 0.812. The third kappa shape index (κ3) is 4.89. The van der Waals surface area contributed by atoms with Gasteiger partial charge in [-0.3, -0.25) is 9.20 Å². The first-order valence-electron chi connectivity index (χ1n) is 12.1. The average molecular weight is 601 g/mol. The van der Waals surface area contributed by atoms with Crippen molar-refractivity contribution in [1.29, 1.82) is 0 Å². The van der Waals surface area contributed by atoms with Gasteiger partial charge in [-0.1, -0.05) is 23.5 Å². The average Bonchev–Trinajstić information content (AvgIpc) is 3.57. The van der Waals surface area contributed by atoms with Gasteiger partial charge in [-0.15, -0.1) is 0 Å². The van der Waals surface area contributed by atoms with Crippen molar-refractivity contribution in [2.45, 2.75) is 19.1 Å². The van der Waals surface area contributed by atoms with E-state index in [0.29, 0.717) is 4.88 Å². The molecule has 1 atom stereocenters. The highest BCUT2D eigenvalue weighted by Gasteiger charge is 2.30. The van der Waals surface area contributed by atoms with Crippen molar-refractivity contribution in [1.82, 2.24) is 34.1 Å². The number of hydrogen-bond acceptors (Lipinski definition) is 9. The molecule has 6 aromatic rings. The van der Waals surface area contributed by atoms with E-state index in [1.807, 2.05) is 0 Å². The van der Waals surface area contributed by atoms with Gasteiger partial charge in [0.05, 0.1) is 33.8 Å². The van der Waals surface area contributed by atoms with E-state index < -0.39 is 36.0 Å². The predicted octanol–water partition coefficient (Wildman–Crippen LogP) is 5.04. The fourth-order valence-electron chi connectivity index (χ4n) is 4.48. The highest BCUT2D eigenvalue weighted by atomic mass is 32.1. The molecule has 0 bridgehead atoms. The lowest BCUT2D eigenvalue weighted by Crippen LogP contribution is -2.23. The summed E-state index contributed by atoms with van der Waals surface area (Å²) in [5.74, 6) is -1.24. The number of anilines is 1. The number of thiazole rings is 1. The first-order chi connectivity index (χ1) is 20.0. The van der Waals surface area contributed by atoms with Crippen LogP contribution in [0.3, 0.4) is 0 Å². The minimum atomic E-state index is -4.55. The number of ether oxygens (including phenoxy) is 1. The monoisotopic (exact) mass is 600 g/mol. The number of hydrogen-bond donors (Lipinski definition) is 1. The third-order valence-electron chi connectivity index (χ3n) is 6.29. The number of pyridine rings is 1. The summed E-state index contributed by atoms with van der Waals surface area (Å²) in [6, 6.07) is 6.96. The molecule has 0 fully saturated rings. The summed E-state index contributed by atoms with van der Waals surface area (Å²) in [6.45, 7) is 0.150. The van der Waals surface area contributed by atoms with Gasteiger partial charge in [0, 0.05) is 6.20 Å². The van der Waals surface area contributed by atoms with Gasteiger partial charge in [-0.05, 0) is 36.8 Å². The molecular formula is C26H17F5N8O2S. The zero-order valence-electron chi connectivity index (χ0n) is 21.3. The molecule has 0 radical (unpaired) electrons. The molecule has 0 aliphatic heterocycles. The SMILES string of the molecule is CC(c1nc2ccc(F)cn2c(=O)c1-c1cccc(F)c1)n1nc(-c2cnc(OCC(F)(F)F)s2)c2c(N)ncnc21. The summed E-state index contributed by atoms with van der Waals surface area (Å²) in [7, 11) is 0. The molecule has 16 heteroatoms. The lowest BCUT2D eigenvalue weighted by atomic mass is 10.0. The second kappa shape index (κ2) is 10.1. The number of nitrogens with two attached hydrogens (primary N) is 1. The quantitative estimate of drug-likeness (QED) is 0.264. The van der Waals surface area contributed by atoms with E-state index in [0.717, 1.165) is 34.1 Å². The molecule has 0 spiro atoms. The number of benzene rings is 1. The maximum atomic E-state index is 14.3. The minimum Gasteiger partial charge on any atom is -0.460 e. The zero-order valence-corrected chi connectivity index (χ0v) is 22.1. The third-order valence-corrected chi connectivity index (χ3v) is 7.20. The normalized spacial score (nSPS) is 12.7. The Morgan fingerprint density at radius 1 is 1.10 bits per heavy atom. The van der Waals surface area contributed by atoms with Crippen LogP contribution in [0.15, 0.2) is 59.9 Å². The molecule has 0 aliphatic rings. The van der Waals surface area contributed by atoms with Gasteiger partial charge >= 0.3 is 6.18 Å². The van der Waals surface area contributed by atoms with Crippen molar-refractivity contribution >= 4 is 33.8 Å². The van der Waals surface area contributed by atoms with Crippen LogP contribution in [-0.4, -0.2) is 46.9 Å². The molecule has 214 valence electrons. The van der Waals surface area contributed by atoms with E-state index >= 15 is 0 Å². The van der Waals surface area contributed by atoms with Crippen LogP contribution in [0.5, 0.6) is 5.19 Å². The zero-order chi connectivity index (χ0) is 29.8. The van der Waals surface area contributed by atoms with Gasteiger partial charge in [0.2, 0.25) is 0 Å². The van der Waals surface area contributed by atoms with Crippen LogP contribution in [0, 0.1) is 11.6 Å². The molecule has 1 unspecified atom stereocenters. The molecule has 5 aromatic heterocycles. The summed E-state index contributed by atoms with van der Waals surface area (Å²) in [5.41, 5.74) is 6.46. The van der Waals surface area contributed by atoms with Gasteiger partial charge < -0.3 is 10.5 Å². The molecule has 0 aliphatic carbocycles. The lowest BCUT2D eigenvalue weighted by Gasteiger charge is -2.18. The second-order valence-electron chi connectivity index (χ2n) is 9.08. The van der Waals surface area contributed by atoms with Crippen LogP contribution in [0.1, 0.15) is 18.7 Å². The van der Waals surface area contributed by atoms with Crippen molar-refractivity contribution in [3.05, 3.63) is 82.8 Å². The molecule has 0 saturated heterocycles. The van der Waals surface area contributed by atoms with Crippen molar-refractivity contribution in [3.8, 4) is 26.9 Å². The second-order valence-corrected chi connectivity index (χ2v) is 10.1. The van der Waals surface area contributed by atoms with E-state index in [1.165, 1.54) is 41.5 Å². The number of halogens is 5. The standard InChI is InChI=1S/C26H17F5N8O2S/c1-12(20-18(13-3-2-4-14(27)7-13)24(40)38-9-15(28)5-6-17(38)36-20)39-23-19(22(32)34-11-35-23)21(37-39)16-8-33-25(42-16)41-10-26(29,30)31/h2-9,11-12H,10H2,1H3,(H2,32,34,35). The summed E-state index contributed by atoms with van der Waals surface area (Å²) in [5, 5.41) is 4.68. The molecule has 10 nitrogen and oxygen atoms in total. The first-order valence-corrected chi connectivity index (χ1v) is 12.9. The number of alkyl halides is 3. The molecule has 2 N–H and O–H groups in total. The fraction of sp³-hybridized carbons (Fsp3) is 0.154. The van der Waals surface area contributed by atoms with Gasteiger partial charge in [0.1, 0.15) is 35.1 Å². The Bertz CT molecular complexity index is 2040. The number of fused-ring (bicyclic) bond motifs is 2. The minimum absolute atomic E-state index is 0.00189. The predicted molar refractivity (Wildman–Crippen MR) is 143 cm³/mol. The number of rotatable bonds is 6. The Hall–Kier alpha value is -4.99. The van der Waals surface area contributed by atoms with E-state index in [1.54, 1.807) is 6.92 Å². The van der Waals surface area contributed by atoms with Gasteiger partial charge in [0.15, 0.2) is 12.3 Å². The van der Waals surface area contributed by atoms with Gasteiger partial charge in [-0.25, -0.2) is 33.4 Å². The van der Waals surface area contributed by atoms with Gasteiger partial charge in [-0.2, -0.15) is 18.3 Å². The highest BCUT2D eigenvalue weighted by molar-refractivity contribution is 7.16. The van der Waals surface area contributed by atoms with E-state index in [-0.39, 0.29) is 50.2 Å². The lowest BCUT2D eigenvalue weighted by molar-refractivity contribution is -0.153. The summed E-state index contributed by atoms with van der Waals surface area (Å²) in [6.07, 6.45) is -1.08. The van der Waals surface area contributed by atoms with E-state index in [4.69, 9.17) is 10.5 Å². The Morgan fingerprint density at radius 2 is 1.90 bits per heavy atom. The number of nitrogen functional groups attached to an aromatic ring is 1. The Balaban J connectivity index is 1.54. The highest BCUT2D eigenvalue weighted by Crippen LogP contribution is 2.38. The van der Waals surface area contributed by atoms with Crippen molar-refractivity contribution < 1.29 is 26.7 Å². The molecule has 5 heterocycles. The molecule has 6 rings (SSSR count). The molecular weight excluding hydrogens is 583 g/mol. The van der Waals surface area contributed by atoms with Crippen molar-refractivity contribution in [3.63, 3.8) is 0 Å². The van der Waals surface area contributed by atoms with Crippen LogP contribution in [-0.2, 0) is 0 Å².